The Kier molecular flexibility index (Phi) is 5.32. The van der Waals surface area contributed by atoms with Crippen LogP contribution in [0.3, 0.4) is 0 Å². The number of aryl methyl sites for hydroxylation is 3. The minimum atomic E-state index is -0.366. The predicted molar refractivity (Wildman–Crippen MR) is 104 cm³/mol. The van der Waals surface area contributed by atoms with E-state index in [9.17, 15) is 10.1 Å². The highest BCUT2D eigenvalue weighted by molar-refractivity contribution is 7.12. The average Bonchev–Trinajstić information content (AvgIpc) is 3.15. The molecule has 0 bridgehead atoms. The summed E-state index contributed by atoms with van der Waals surface area (Å²) < 4.78 is 1.54. The Balaban J connectivity index is 1.72. The lowest BCUT2D eigenvalue weighted by molar-refractivity contribution is -0.384. The van der Waals surface area contributed by atoms with Gasteiger partial charge < -0.3 is 5.32 Å². The van der Waals surface area contributed by atoms with Gasteiger partial charge in [0.25, 0.3) is 0 Å². The summed E-state index contributed by atoms with van der Waals surface area (Å²) in [6.07, 6.45) is 1.22. The molecule has 0 spiro atoms. The first-order chi connectivity index (χ1) is 12.5. The molecule has 1 aromatic carbocycles. The molecule has 26 heavy (non-hydrogen) atoms. The van der Waals surface area contributed by atoms with Gasteiger partial charge in [-0.25, -0.2) is 9.67 Å². The van der Waals surface area contributed by atoms with Gasteiger partial charge in [0.05, 0.1) is 15.6 Å². The number of thiazole rings is 1. The Hall–Kier alpha value is -2.74. The summed E-state index contributed by atoms with van der Waals surface area (Å²) in [5.41, 5.74) is 2.67. The molecule has 8 heteroatoms. The lowest BCUT2D eigenvalue weighted by atomic mass is 10.1. The van der Waals surface area contributed by atoms with E-state index in [0.29, 0.717) is 30.9 Å². The first-order valence-corrected chi connectivity index (χ1v) is 9.28. The van der Waals surface area contributed by atoms with Crippen molar-refractivity contribution in [1.82, 2.24) is 14.8 Å². The monoisotopic (exact) mass is 371 g/mol. The van der Waals surface area contributed by atoms with Crippen LogP contribution in [0.15, 0.2) is 30.3 Å². The minimum Gasteiger partial charge on any atom is -0.364 e. The Morgan fingerprint density at radius 2 is 2.04 bits per heavy atom. The van der Waals surface area contributed by atoms with Crippen molar-refractivity contribution in [1.29, 1.82) is 0 Å². The first-order valence-electron chi connectivity index (χ1n) is 8.47. The molecule has 3 rings (SSSR count). The fourth-order valence-electron chi connectivity index (χ4n) is 2.91. The van der Waals surface area contributed by atoms with Gasteiger partial charge >= 0.3 is 5.69 Å². The van der Waals surface area contributed by atoms with E-state index in [1.807, 2.05) is 25.1 Å². The molecule has 0 saturated carbocycles. The van der Waals surface area contributed by atoms with Crippen molar-refractivity contribution in [2.24, 2.45) is 7.05 Å². The SMILES string of the molecule is CCc1nn(C)c(NCCc2nc(-c3ccccc3)c(C)s2)c1[N+](=O)[O-]. The fraction of sp³-hybridized carbons (Fsp3) is 0.333. The Morgan fingerprint density at radius 3 is 2.69 bits per heavy atom. The van der Waals surface area contributed by atoms with Crippen LogP contribution in [0.4, 0.5) is 11.5 Å². The topological polar surface area (TPSA) is 85.9 Å². The highest BCUT2D eigenvalue weighted by Crippen LogP contribution is 2.29. The molecule has 0 amide bonds. The standard InChI is InChI=1S/C18H21N5O2S/c1-4-14-17(23(24)25)18(22(3)21-14)19-11-10-15-20-16(12(2)26-15)13-8-6-5-7-9-13/h5-9,19H,4,10-11H2,1-3H3. The van der Waals surface area contributed by atoms with Crippen LogP contribution in [0.25, 0.3) is 11.3 Å². The van der Waals surface area contributed by atoms with Crippen LogP contribution >= 0.6 is 11.3 Å². The Morgan fingerprint density at radius 1 is 1.31 bits per heavy atom. The third-order valence-electron chi connectivity index (χ3n) is 4.13. The van der Waals surface area contributed by atoms with Crippen LogP contribution in [0.1, 0.15) is 22.5 Å². The number of aromatic nitrogens is 3. The summed E-state index contributed by atoms with van der Waals surface area (Å²) in [4.78, 5) is 16.9. The number of rotatable bonds is 7. The first kappa shape index (κ1) is 18.1. The molecule has 7 nitrogen and oxygen atoms in total. The van der Waals surface area contributed by atoms with Gasteiger partial charge in [0.1, 0.15) is 5.69 Å². The molecule has 3 aromatic rings. The van der Waals surface area contributed by atoms with Crippen LogP contribution in [0.2, 0.25) is 0 Å². The molecule has 0 radical (unpaired) electrons. The Bertz CT molecular complexity index is 917. The number of benzene rings is 1. The number of hydrogen-bond donors (Lipinski definition) is 1. The van der Waals surface area contributed by atoms with Crippen molar-refractivity contribution in [2.45, 2.75) is 26.7 Å². The lowest BCUT2D eigenvalue weighted by Crippen LogP contribution is -2.10. The zero-order valence-corrected chi connectivity index (χ0v) is 15.8. The molecule has 2 aromatic heterocycles. The van der Waals surface area contributed by atoms with Gasteiger partial charge in [-0.3, -0.25) is 10.1 Å². The maximum Gasteiger partial charge on any atom is 0.333 e. The molecule has 0 aliphatic carbocycles. The number of nitrogens with one attached hydrogen (secondary N) is 1. The molecule has 1 N–H and O–H groups in total. The molecule has 0 saturated heterocycles. The third kappa shape index (κ3) is 3.60. The maximum absolute atomic E-state index is 11.4. The smallest absolute Gasteiger partial charge is 0.333 e. The summed E-state index contributed by atoms with van der Waals surface area (Å²) in [6.45, 7) is 4.49. The summed E-state index contributed by atoms with van der Waals surface area (Å²) in [5.74, 6) is 0.448. The molecule has 0 atom stereocenters. The largest absolute Gasteiger partial charge is 0.364 e. The quantitative estimate of drug-likeness (QED) is 0.501. The van der Waals surface area contributed by atoms with E-state index in [-0.39, 0.29) is 10.6 Å². The molecule has 0 aliphatic rings. The number of nitro groups is 1. The summed E-state index contributed by atoms with van der Waals surface area (Å²) in [6, 6.07) is 10.1. The lowest BCUT2D eigenvalue weighted by Gasteiger charge is -2.04. The van der Waals surface area contributed by atoms with E-state index in [1.54, 1.807) is 23.1 Å². The highest BCUT2D eigenvalue weighted by Gasteiger charge is 2.25. The van der Waals surface area contributed by atoms with E-state index in [4.69, 9.17) is 4.98 Å². The Labute approximate surface area is 155 Å². The van der Waals surface area contributed by atoms with Crippen molar-refractivity contribution in [2.75, 3.05) is 11.9 Å². The zero-order chi connectivity index (χ0) is 18.7. The molecule has 0 unspecified atom stereocenters. The zero-order valence-electron chi connectivity index (χ0n) is 15.0. The summed E-state index contributed by atoms with van der Waals surface area (Å²) in [7, 11) is 1.72. The van der Waals surface area contributed by atoms with E-state index in [2.05, 4.69) is 29.5 Å². The second-order valence-corrected chi connectivity index (χ2v) is 7.22. The molecular formula is C18H21N5O2S. The van der Waals surface area contributed by atoms with Gasteiger partial charge in [-0.1, -0.05) is 37.3 Å². The second kappa shape index (κ2) is 7.65. The van der Waals surface area contributed by atoms with Crippen LogP contribution < -0.4 is 5.32 Å². The van der Waals surface area contributed by atoms with Crippen LogP contribution in [0.5, 0.6) is 0 Å². The normalized spacial score (nSPS) is 10.9. The summed E-state index contributed by atoms with van der Waals surface area (Å²) >= 11 is 1.66. The second-order valence-electron chi connectivity index (χ2n) is 5.93. The van der Waals surface area contributed by atoms with Gasteiger partial charge in [0, 0.05) is 30.5 Å². The molecule has 0 aliphatic heterocycles. The van der Waals surface area contributed by atoms with Gasteiger partial charge in [-0.2, -0.15) is 5.10 Å². The van der Waals surface area contributed by atoms with Gasteiger partial charge in [0.15, 0.2) is 0 Å². The highest BCUT2D eigenvalue weighted by atomic mass is 32.1. The fourth-order valence-corrected chi connectivity index (χ4v) is 3.86. The van der Waals surface area contributed by atoms with E-state index in [0.717, 1.165) is 16.3 Å². The van der Waals surface area contributed by atoms with Crippen molar-refractivity contribution >= 4 is 22.8 Å². The van der Waals surface area contributed by atoms with Crippen molar-refractivity contribution in [3.8, 4) is 11.3 Å². The maximum atomic E-state index is 11.4. The summed E-state index contributed by atoms with van der Waals surface area (Å²) in [5, 5.41) is 19.8. The van der Waals surface area contributed by atoms with E-state index >= 15 is 0 Å². The number of anilines is 1. The third-order valence-corrected chi connectivity index (χ3v) is 5.16. The van der Waals surface area contributed by atoms with Gasteiger partial charge in [0.2, 0.25) is 5.82 Å². The van der Waals surface area contributed by atoms with Crippen LogP contribution in [-0.4, -0.2) is 26.2 Å². The van der Waals surface area contributed by atoms with Gasteiger partial charge in [-0.15, -0.1) is 11.3 Å². The molecule has 0 fully saturated rings. The van der Waals surface area contributed by atoms with Crippen LogP contribution in [0, 0.1) is 17.0 Å². The van der Waals surface area contributed by atoms with Gasteiger partial charge in [-0.05, 0) is 13.3 Å². The number of nitrogens with zero attached hydrogens (tertiary/aromatic N) is 4. The van der Waals surface area contributed by atoms with E-state index < -0.39 is 0 Å². The minimum absolute atomic E-state index is 0.0651. The number of hydrogen-bond acceptors (Lipinski definition) is 6. The molecular weight excluding hydrogens is 350 g/mol. The van der Waals surface area contributed by atoms with E-state index in [1.165, 1.54) is 4.88 Å². The molecule has 2 heterocycles. The van der Waals surface area contributed by atoms with Crippen molar-refractivity contribution in [3.05, 3.63) is 56.0 Å². The van der Waals surface area contributed by atoms with Crippen molar-refractivity contribution < 1.29 is 4.92 Å². The average molecular weight is 371 g/mol. The van der Waals surface area contributed by atoms with Crippen LogP contribution in [-0.2, 0) is 19.9 Å². The predicted octanol–water partition coefficient (Wildman–Crippen LogP) is 3.98. The van der Waals surface area contributed by atoms with Crippen molar-refractivity contribution in [3.63, 3.8) is 0 Å². The molecule has 136 valence electrons.